The molecule has 3 aromatic heterocycles. The molecule has 1 unspecified atom stereocenters. The molecule has 9 heteroatoms. The van der Waals surface area contributed by atoms with Crippen LogP contribution >= 0.6 is 11.7 Å². The number of ether oxygens (including phenoxy) is 1. The number of pyridine rings is 1. The van der Waals surface area contributed by atoms with E-state index in [1.54, 1.807) is 6.20 Å². The molecule has 0 saturated heterocycles. The molecule has 3 aromatic rings. The van der Waals surface area contributed by atoms with Crippen molar-refractivity contribution in [2.24, 2.45) is 5.92 Å². The number of aromatic nitrogens is 5. The van der Waals surface area contributed by atoms with Gasteiger partial charge >= 0.3 is 0 Å². The van der Waals surface area contributed by atoms with Crippen LogP contribution in [0.1, 0.15) is 37.1 Å². The zero-order chi connectivity index (χ0) is 19.1. The topological polar surface area (TPSA) is 76.9 Å². The summed E-state index contributed by atoms with van der Waals surface area (Å²) in [5.41, 5.74) is 3.50. The molecule has 1 saturated carbocycles. The number of anilines is 1. The average Bonchev–Trinajstić information content (AvgIpc) is 3.37. The number of nitrogens with zero attached hydrogens (tertiary/aromatic N) is 6. The molecule has 0 amide bonds. The molecular formula is C19H19FN6OS. The number of rotatable bonds is 5. The van der Waals surface area contributed by atoms with Gasteiger partial charge in [0.1, 0.15) is 5.69 Å². The zero-order valence-corrected chi connectivity index (χ0v) is 16.2. The Morgan fingerprint density at radius 1 is 1.25 bits per heavy atom. The molecule has 1 fully saturated rings. The van der Waals surface area contributed by atoms with Crippen LogP contribution < -0.4 is 9.64 Å². The largest absolute Gasteiger partial charge is 0.477 e. The Bertz CT molecular complexity index is 994. The SMILES string of the molecule is CC1c2cnc(-c3cnsn3)nc2CCN1c1cc(F)nc(OCC2CC2)c1. The van der Waals surface area contributed by atoms with Crippen LogP contribution in [0.25, 0.3) is 11.5 Å². The van der Waals surface area contributed by atoms with Gasteiger partial charge in [-0.1, -0.05) is 0 Å². The Labute approximate surface area is 166 Å². The molecule has 144 valence electrons. The second kappa shape index (κ2) is 7.05. The normalized spacial score (nSPS) is 18.8. The third kappa shape index (κ3) is 3.42. The van der Waals surface area contributed by atoms with Crippen molar-refractivity contribution in [2.45, 2.75) is 32.2 Å². The summed E-state index contributed by atoms with van der Waals surface area (Å²) in [4.78, 5) is 15.2. The predicted molar refractivity (Wildman–Crippen MR) is 103 cm³/mol. The van der Waals surface area contributed by atoms with Crippen LogP contribution in [0, 0.1) is 11.9 Å². The van der Waals surface area contributed by atoms with E-state index in [2.05, 4.69) is 35.5 Å². The minimum Gasteiger partial charge on any atom is -0.477 e. The van der Waals surface area contributed by atoms with Gasteiger partial charge in [-0.25, -0.2) is 9.97 Å². The molecule has 2 aliphatic rings. The average molecular weight is 398 g/mol. The third-order valence-corrected chi connectivity index (χ3v) is 5.73. The van der Waals surface area contributed by atoms with Crippen LogP contribution in [0.15, 0.2) is 24.5 Å². The smallest absolute Gasteiger partial charge is 0.218 e. The van der Waals surface area contributed by atoms with Crippen LogP contribution in [0.2, 0.25) is 0 Å². The molecule has 5 rings (SSSR count). The van der Waals surface area contributed by atoms with Gasteiger partial charge in [0.2, 0.25) is 11.8 Å². The Hall–Kier alpha value is -2.68. The fraction of sp³-hybridized carbons (Fsp3) is 0.421. The first-order chi connectivity index (χ1) is 13.7. The van der Waals surface area contributed by atoms with E-state index in [1.165, 1.54) is 18.9 Å². The van der Waals surface area contributed by atoms with Crippen molar-refractivity contribution in [1.29, 1.82) is 0 Å². The van der Waals surface area contributed by atoms with Gasteiger partial charge < -0.3 is 9.64 Å². The highest BCUT2D eigenvalue weighted by molar-refractivity contribution is 6.99. The van der Waals surface area contributed by atoms with Crippen LogP contribution in [-0.4, -0.2) is 36.9 Å². The van der Waals surface area contributed by atoms with E-state index in [0.717, 1.165) is 41.6 Å². The van der Waals surface area contributed by atoms with Crippen molar-refractivity contribution < 1.29 is 9.13 Å². The van der Waals surface area contributed by atoms with Crippen molar-refractivity contribution in [1.82, 2.24) is 23.7 Å². The first kappa shape index (κ1) is 17.4. The van der Waals surface area contributed by atoms with Crippen molar-refractivity contribution >= 4 is 17.4 Å². The van der Waals surface area contributed by atoms with E-state index in [0.29, 0.717) is 29.9 Å². The van der Waals surface area contributed by atoms with Crippen LogP contribution in [-0.2, 0) is 6.42 Å². The van der Waals surface area contributed by atoms with E-state index in [4.69, 9.17) is 4.74 Å². The summed E-state index contributed by atoms with van der Waals surface area (Å²) in [5.74, 6) is 1.01. The van der Waals surface area contributed by atoms with Crippen molar-refractivity contribution in [3.63, 3.8) is 0 Å². The lowest BCUT2D eigenvalue weighted by atomic mass is 9.99. The van der Waals surface area contributed by atoms with Gasteiger partial charge in [0.25, 0.3) is 0 Å². The lowest BCUT2D eigenvalue weighted by Crippen LogP contribution is -2.35. The lowest BCUT2D eigenvalue weighted by Gasteiger charge is -2.36. The molecule has 1 aliphatic heterocycles. The number of halogens is 1. The third-order valence-electron chi connectivity index (χ3n) is 5.25. The summed E-state index contributed by atoms with van der Waals surface area (Å²) in [6, 6.07) is 3.30. The Morgan fingerprint density at radius 2 is 2.14 bits per heavy atom. The summed E-state index contributed by atoms with van der Waals surface area (Å²) < 4.78 is 28.0. The minimum atomic E-state index is -0.524. The monoisotopic (exact) mass is 398 g/mol. The highest BCUT2D eigenvalue weighted by Crippen LogP contribution is 2.35. The summed E-state index contributed by atoms with van der Waals surface area (Å²) in [5, 5.41) is 0. The van der Waals surface area contributed by atoms with Gasteiger partial charge in [-0.05, 0) is 25.7 Å². The van der Waals surface area contributed by atoms with Gasteiger partial charge in [-0.2, -0.15) is 18.1 Å². The van der Waals surface area contributed by atoms with Gasteiger partial charge in [0.15, 0.2) is 5.82 Å². The highest BCUT2D eigenvalue weighted by Gasteiger charge is 2.28. The number of fused-ring (bicyclic) bond motifs is 1. The van der Waals surface area contributed by atoms with Gasteiger partial charge in [-0.3, -0.25) is 0 Å². The highest BCUT2D eigenvalue weighted by atomic mass is 32.1. The zero-order valence-electron chi connectivity index (χ0n) is 15.4. The summed E-state index contributed by atoms with van der Waals surface area (Å²) in [7, 11) is 0. The molecule has 0 N–H and O–H groups in total. The number of hydrogen-bond donors (Lipinski definition) is 0. The fourth-order valence-electron chi connectivity index (χ4n) is 3.49. The molecule has 0 radical (unpaired) electrons. The van der Waals surface area contributed by atoms with E-state index in [-0.39, 0.29) is 6.04 Å². The fourth-order valence-corrected chi connectivity index (χ4v) is 3.90. The van der Waals surface area contributed by atoms with Crippen LogP contribution in [0.3, 0.4) is 0 Å². The van der Waals surface area contributed by atoms with Crippen LogP contribution in [0.4, 0.5) is 10.1 Å². The maximum atomic E-state index is 14.1. The molecule has 1 aliphatic carbocycles. The first-order valence-electron chi connectivity index (χ1n) is 9.38. The molecule has 1 atom stereocenters. The van der Waals surface area contributed by atoms with E-state index in [1.807, 2.05) is 12.3 Å². The van der Waals surface area contributed by atoms with Crippen molar-refractivity contribution in [3.05, 3.63) is 41.7 Å². The maximum Gasteiger partial charge on any atom is 0.218 e. The summed E-state index contributed by atoms with van der Waals surface area (Å²) in [6.45, 7) is 3.41. The lowest BCUT2D eigenvalue weighted by molar-refractivity contribution is 0.284. The standard InChI is InChI=1S/C19H19FN6OS/c1-11-14-8-21-19(16-9-22-28-25-16)23-15(14)4-5-26(11)13-6-17(20)24-18(7-13)27-10-12-2-3-12/h6-9,11-12H,2-5,10H2,1H3. The van der Waals surface area contributed by atoms with Crippen molar-refractivity contribution in [3.8, 4) is 17.4 Å². The minimum absolute atomic E-state index is 0.0180. The van der Waals surface area contributed by atoms with Crippen LogP contribution in [0.5, 0.6) is 5.88 Å². The van der Waals surface area contributed by atoms with E-state index in [9.17, 15) is 4.39 Å². The molecule has 7 nitrogen and oxygen atoms in total. The Morgan fingerprint density at radius 3 is 2.93 bits per heavy atom. The second-order valence-electron chi connectivity index (χ2n) is 7.25. The maximum absolute atomic E-state index is 14.1. The Kier molecular flexibility index (Phi) is 4.38. The van der Waals surface area contributed by atoms with Crippen molar-refractivity contribution in [2.75, 3.05) is 18.1 Å². The summed E-state index contributed by atoms with van der Waals surface area (Å²) in [6.07, 6.45) is 6.63. The van der Waals surface area contributed by atoms with E-state index < -0.39 is 5.95 Å². The second-order valence-corrected chi connectivity index (χ2v) is 7.81. The number of hydrogen-bond acceptors (Lipinski definition) is 8. The first-order valence-corrected chi connectivity index (χ1v) is 10.1. The Balaban J connectivity index is 1.40. The van der Waals surface area contributed by atoms with Gasteiger partial charge in [0, 0.05) is 42.5 Å². The van der Waals surface area contributed by atoms with Gasteiger partial charge in [-0.15, -0.1) is 0 Å². The van der Waals surface area contributed by atoms with Gasteiger partial charge in [0.05, 0.1) is 36.3 Å². The molecule has 0 aromatic carbocycles. The molecule has 0 spiro atoms. The predicted octanol–water partition coefficient (Wildman–Crippen LogP) is 3.44. The molecular weight excluding hydrogens is 379 g/mol. The quantitative estimate of drug-likeness (QED) is 0.609. The van der Waals surface area contributed by atoms with E-state index >= 15 is 0 Å². The molecule has 0 bridgehead atoms. The summed E-state index contributed by atoms with van der Waals surface area (Å²) >= 11 is 1.14. The molecule has 4 heterocycles. The molecule has 28 heavy (non-hydrogen) atoms.